The highest BCUT2D eigenvalue weighted by Gasteiger charge is 2.46. The van der Waals surface area contributed by atoms with Crippen LogP contribution in [-0.4, -0.2) is 73.3 Å². The quantitative estimate of drug-likeness (QED) is 0.821. The summed E-state index contributed by atoms with van der Waals surface area (Å²) in [6, 6.07) is 9.71. The molecule has 5 heteroatoms. The summed E-state index contributed by atoms with van der Waals surface area (Å²) in [4.78, 5) is 17.4. The lowest BCUT2D eigenvalue weighted by molar-refractivity contribution is -0.0782. The maximum Gasteiger partial charge on any atom is 0.254 e. The highest BCUT2D eigenvalue weighted by atomic mass is 16.5. The number of amides is 1. The number of benzene rings is 1. The molecule has 25 heavy (non-hydrogen) atoms. The largest absolute Gasteiger partial charge is 0.373 e. The second-order valence-corrected chi connectivity index (χ2v) is 7.33. The van der Waals surface area contributed by atoms with E-state index in [-0.39, 0.29) is 24.2 Å². The van der Waals surface area contributed by atoms with Crippen LogP contribution in [0.3, 0.4) is 0 Å². The lowest BCUT2D eigenvalue weighted by Crippen LogP contribution is -2.44. The Kier molecular flexibility index (Phi) is 5.34. The highest BCUT2D eigenvalue weighted by molar-refractivity contribution is 5.94. The summed E-state index contributed by atoms with van der Waals surface area (Å²) in [5.41, 5.74) is 0.754. The molecule has 3 saturated heterocycles. The van der Waals surface area contributed by atoms with Gasteiger partial charge in [-0.15, -0.1) is 0 Å². The van der Waals surface area contributed by atoms with E-state index >= 15 is 0 Å². The van der Waals surface area contributed by atoms with E-state index in [4.69, 9.17) is 9.47 Å². The van der Waals surface area contributed by atoms with Gasteiger partial charge in [0.2, 0.25) is 0 Å². The van der Waals surface area contributed by atoms with Crippen LogP contribution in [0.2, 0.25) is 0 Å². The van der Waals surface area contributed by atoms with Crippen LogP contribution >= 0.6 is 0 Å². The van der Waals surface area contributed by atoms with Crippen LogP contribution in [0.25, 0.3) is 0 Å². The SMILES string of the molecule is O=C(c1ccccc1)N1C[C@H](OCCN2CCCC2)[C@H]2OCCC[C@H]21. The molecule has 0 aromatic heterocycles. The van der Waals surface area contributed by atoms with Gasteiger partial charge in [-0.3, -0.25) is 4.79 Å². The van der Waals surface area contributed by atoms with Gasteiger partial charge in [-0.05, 0) is 50.9 Å². The van der Waals surface area contributed by atoms with Gasteiger partial charge in [0, 0.05) is 18.7 Å². The van der Waals surface area contributed by atoms with Crippen molar-refractivity contribution in [1.82, 2.24) is 9.80 Å². The van der Waals surface area contributed by atoms with Crippen molar-refractivity contribution in [3.8, 4) is 0 Å². The highest BCUT2D eigenvalue weighted by Crippen LogP contribution is 2.31. The van der Waals surface area contributed by atoms with E-state index in [0.29, 0.717) is 6.54 Å². The van der Waals surface area contributed by atoms with Crippen LogP contribution in [0.15, 0.2) is 30.3 Å². The van der Waals surface area contributed by atoms with E-state index in [1.807, 2.05) is 35.2 Å². The molecular weight excluding hydrogens is 316 g/mol. The summed E-state index contributed by atoms with van der Waals surface area (Å²) < 4.78 is 12.2. The number of carbonyl (C=O) groups excluding carboxylic acids is 1. The van der Waals surface area contributed by atoms with Crippen molar-refractivity contribution in [2.75, 3.05) is 39.4 Å². The maximum absolute atomic E-state index is 12.9. The molecule has 0 bridgehead atoms. The van der Waals surface area contributed by atoms with Crippen LogP contribution in [-0.2, 0) is 9.47 Å². The second-order valence-electron chi connectivity index (χ2n) is 7.33. The number of hydrogen-bond acceptors (Lipinski definition) is 4. The van der Waals surface area contributed by atoms with Gasteiger partial charge in [0.05, 0.1) is 19.2 Å². The third-order valence-electron chi connectivity index (χ3n) is 5.70. The first-order valence-corrected chi connectivity index (χ1v) is 9.64. The fourth-order valence-electron chi connectivity index (χ4n) is 4.38. The lowest BCUT2D eigenvalue weighted by Gasteiger charge is -2.32. The Morgan fingerprint density at radius 2 is 1.96 bits per heavy atom. The minimum Gasteiger partial charge on any atom is -0.373 e. The normalized spacial score (nSPS) is 29.8. The standard InChI is InChI=1S/C20H28N2O3/c23-20(16-7-2-1-3-8-16)22-15-18(19-17(22)9-6-13-25-19)24-14-12-21-10-4-5-11-21/h1-3,7-8,17-19H,4-6,9-15H2/t17-,18+,19+/m1/s1. The predicted molar refractivity (Wildman–Crippen MR) is 95.7 cm³/mol. The van der Waals surface area contributed by atoms with Crippen molar-refractivity contribution in [2.45, 2.75) is 43.9 Å². The van der Waals surface area contributed by atoms with E-state index in [1.165, 1.54) is 25.9 Å². The average Bonchev–Trinajstić information content (AvgIpc) is 3.30. The predicted octanol–water partition coefficient (Wildman–Crippen LogP) is 2.17. The summed E-state index contributed by atoms with van der Waals surface area (Å²) in [6.07, 6.45) is 4.66. The van der Waals surface area contributed by atoms with E-state index in [1.54, 1.807) is 0 Å². The number of carbonyl (C=O) groups is 1. The van der Waals surface area contributed by atoms with Crippen molar-refractivity contribution in [3.05, 3.63) is 35.9 Å². The van der Waals surface area contributed by atoms with E-state index in [2.05, 4.69) is 4.90 Å². The fraction of sp³-hybridized carbons (Fsp3) is 0.650. The van der Waals surface area contributed by atoms with E-state index in [9.17, 15) is 4.79 Å². The molecule has 1 aromatic rings. The molecule has 0 radical (unpaired) electrons. The zero-order chi connectivity index (χ0) is 17.1. The summed E-state index contributed by atoms with van der Waals surface area (Å²) >= 11 is 0. The molecule has 136 valence electrons. The summed E-state index contributed by atoms with van der Waals surface area (Å²) in [5, 5.41) is 0. The van der Waals surface area contributed by atoms with Gasteiger partial charge in [-0.25, -0.2) is 0 Å². The van der Waals surface area contributed by atoms with Crippen molar-refractivity contribution in [3.63, 3.8) is 0 Å². The topological polar surface area (TPSA) is 42.0 Å². The van der Waals surface area contributed by atoms with Gasteiger partial charge in [0.1, 0.15) is 12.2 Å². The summed E-state index contributed by atoms with van der Waals surface area (Å²) in [7, 11) is 0. The van der Waals surface area contributed by atoms with Crippen LogP contribution in [0.4, 0.5) is 0 Å². The van der Waals surface area contributed by atoms with Crippen molar-refractivity contribution >= 4 is 5.91 Å². The van der Waals surface area contributed by atoms with Gasteiger partial charge in [0.25, 0.3) is 5.91 Å². The summed E-state index contributed by atoms with van der Waals surface area (Å²) in [5.74, 6) is 0.103. The van der Waals surface area contributed by atoms with Crippen LogP contribution in [0.5, 0.6) is 0 Å². The molecule has 3 aliphatic rings. The smallest absolute Gasteiger partial charge is 0.254 e. The van der Waals surface area contributed by atoms with Gasteiger partial charge in [0.15, 0.2) is 0 Å². The third kappa shape index (κ3) is 3.73. The Labute approximate surface area is 149 Å². The minimum atomic E-state index is 0.000523. The molecule has 3 aliphatic heterocycles. The second kappa shape index (κ2) is 7.85. The molecule has 3 heterocycles. The number of nitrogens with zero attached hydrogens (tertiary/aromatic N) is 2. The molecule has 0 N–H and O–H groups in total. The van der Waals surface area contributed by atoms with Crippen molar-refractivity contribution in [1.29, 1.82) is 0 Å². The van der Waals surface area contributed by atoms with Crippen LogP contribution in [0, 0.1) is 0 Å². The number of fused-ring (bicyclic) bond motifs is 1. The first-order valence-electron chi connectivity index (χ1n) is 9.64. The zero-order valence-corrected chi connectivity index (χ0v) is 14.8. The molecule has 1 aromatic carbocycles. The van der Waals surface area contributed by atoms with E-state index in [0.717, 1.165) is 38.2 Å². The van der Waals surface area contributed by atoms with Gasteiger partial charge < -0.3 is 19.3 Å². The Hall–Kier alpha value is -1.43. The van der Waals surface area contributed by atoms with E-state index < -0.39 is 0 Å². The van der Waals surface area contributed by atoms with Gasteiger partial charge in [-0.2, -0.15) is 0 Å². The molecule has 3 fully saturated rings. The Morgan fingerprint density at radius 1 is 1.16 bits per heavy atom. The van der Waals surface area contributed by atoms with Gasteiger partial charge in [-0.1, -0.05) is 18.2 Å². The number of hydrogen-bond donors (Lipinski definition) is 0. The maximum atomic E-state index is 12.9. The number of ether oxygens (including phenoxy) is 2. The average molecular weight is 344 g/mol. The molecule has 3 atom stereocenters. The Morgan fingerprint density at radius 3 is 2.76 bits per heavy atom. The lowest BCUT2D eigenvalue weighted by atomic mass is 10.0. The Balaban J connectivity index is 1.39. The molecule has 5 nitrogen and oxygen atoms in total. The molecule has 0 aliphatic carbocycles. The molecule has 1 amide bonds. The first kappa shape index (κ1) is 17.0. The van der Waals surface area contributed by atoms with Gasteiger partial charge >= 0.3 is 0 Å². The molecule has 0 unspecified atom stereocenters. The molecule has 0 saturated carbocycles. The number of likely N-dealkylation sites (tertiary alicyclic amines) is 2. The Bertz CT molecular complexity index is 574. The molecule has 4 rings (SSSR count). The number of rotatable bonds is 5. The van der Waals surface area contributed by atoms with Crippen LogP contribution < -0.4 is 0 Å². The monoisotopic (exact) mass is 344 g/mol. The zero-order valence-electron chi connectivity index (χ0n) is 14.8. The fourth-order valence-corrected chi connectivity index (χ4v) is 4.38. The molecular formula is C20H28N2O3. The third-order valence-corrected chi connectivity index (χ3v) is 5.70. The summed E-state index contributed by atoms with van der Waals surface area (Å²) in [6.45, 7) is 5.51. The van der Waals surface area contributed by atoms with Crippen LogP contribution in [0.1, 0.15) is 36.0 Å². The first-order chi connectivity index (χ1) is 12.3. The minimum absolute atomic E-state index is 0.000523. The van der Waals surface area contributed by atoms with Crippen molar-refractivity contribution < 1.29 is 14.3 Å². The molecule has 0 spiro atoms. The van der Waals surface area contributed by atoms with Crippen molar-refractivity contribution in [2.24, 2.45) is 0 Å².